The first-order chi connectivity index (χ1) is 10.2. The first-order valence-electron chi connectivity index (χ1n) is 6.91. The van der Waals surface area contributed by atoms with Crippen molar-refractivity contribution in [3.63, 3.8) is 0 Å². The van der Waals surface area contributed by atoms with E-state index in [4.69, 9.17) is 11.6 Å². The molecule has 1 aromatic carbocycles. The number of amides is 1. The fraction of sp³-hybridized carbons (Fsp3) is 0.333. The zero-order valence-corrected chi connectivity index (χ0v) is 13.0. The summed E-state index contributed by atoms with van der Waals surface area (Å²) in [6.45, 7) is 0.808. The molecule has 2 aromatic rings. The largest absolute Gasteiger partial charge is 0.355 e. The standard InChI is InChI=1S/C15H16ClN3OS/c16-12-2-1-3-13(8-12)19-7-6-17-15(19)21-10-14(20)18-9-11-4-5-11/h1-3,6-8,11H,4-5,9-10H2,(H,18,20). The van der Waals surface area contributed by atoms with Gasteiger partial charge in [-0.2, -0.15) is 0 Å². The summed E-state index contributed by atoms with van der Waals surface area (Å²) in [5.41, 5.74) is 0.945. The lowest BCUT2D eigenvalue weighted by molar-refractivity contribution is -0.118. The molecule has 1 N–H and O–H groups in total. The fourth-order valence-electron chi connectivity index (χ4n) is 1.98. The highest BCUT2D eigenvalue weighted by Crippen LogP contribution is 2.27. The van der Waals surface area contributed by atoms with Gasteiger partial charge in [0.2, 0.25) is 5.91 Å². The first-order valence-corrected chi connectivity index (χ1v) is 8.27. The second-order valence-electron chi connectivity index (χ2n) is 5.10. The Labute approximate surface area is 132 Å². The normalized spacial score (nSPS) is 14.1. The quantitative estimate of drug-likeness (QED) is 0.831. The number of nitrogens with zero attached hydrogens (tertiary/aromatic N) is 2. The average molecular weight is 322 g/mol. The molecule has 1 fully saturated rings. The number of imidazole rings is 1. The summed E-state index contributed by atoms with van der Waals surface area (Å²) in [4.78, 5) is 16.1. The molecule has 0 atom stereocenters. The lowest BCUT2D eigenvalue weighted by Gasteiger charge is -2.08. The SMILES string of the molecule is O=C(CSc1nccn1-c1cccc(Cl)c1)NCC1CC1. The van der Waals surface area contributed by atoms with Gasteiger partial charge in [0.15, 0.2) is 5.16 Å². The van der Waals surface area contributed by atoms with Crippen LogP contribution in [-0.2, 0) is 4.79 Å². The van der Waals surface area contributed by atoms with Gasteiger partial charge in [-0.3, -0.25) is 9.36 Å². The van der Waals surface area contributed by atoms with Crippen LogP contribution >= 0.6 is 23.4 Å². The molecule has 0 bridgehead atoms. The molecular weight excluding hydrogens is 306 g/mol. The Balaban J connectivity index is 1.61. The van der Waals surface area contributed by atoms with Gasteiger partial charge in [-0.1, -0.05) is 29.4 Å². The number of hydrogen-bond donors (Lipinski definition) is 1. The zero-order valence-electron chi connectivity index (χ0n) is 11.5. The highest BCUT2D eigenvalue weighted by atomic mass is 35.5. The third-order valence-electron chi connectivity index (χ3n) is 3.31. The summed E-state index contributed by atoms with van der Waals surface area (Å²) >= 11 is 7.45. The molecule has 110 valence electrons. The molecule has 1 saturated carbocycles. The van der Waals surface area contributed by atoms with Crippen LogP contribution in [0.4, 0.5) is 0 Å². The highest BCUT2D eigenvalue weighted by Gasteiger charge is 2.21. The number of carbonyl (C=O) groups excluding carboxylic acids is 1. The Kier molecular flexibility index (Phi) is 4.51. The van der Waals surface area contributed by atoms with E-state index in [0.29, 0.717) is 16.7 Å². The maximum Gasteiger partial charge on any atom is 0.230 e. The van der Waals surface area contributed by atoms with Crippen LogP contribution in [-0.4, -0.2) is 27.8 Å². The molecule has 1 amide bonds. The smallest absolute Gasteiger partial charge is 0.230 e. The fourth-order valence-corrected chi connectivity index (χ4v) is 2.97. The minimum absolute atomic E-state index is 0.0625. The number of rotatable bonds is 6. The average Bonchev–Trinajstić information content (AvgIpc) is 3.19. The van der Waals surface area contributed by atoms with Crippen LogP contribution in [0.2, 0.25) is 5.02 Å². The molecule has 1 aliphatic rings. The van der Waals surface area contributed by atoms with E-state index in [1.54, 1.807) is 6.20 Å². The van der Waals surface area contributed by atoms with Crippen LogP contribution in [0.5, 0.6) is 0 Å². The van der Waals surface area contributed by atoms with Gasteiger partial charge in [-0.05, 0) is 37.0 Å². The third-order valence-corrected chi connectivity index (χ3v) is 4.51. The zero-order chi connectivity index (χ0) is 14.7. The molecule has 3 rings (SSSR count). The van der Waals surface area contributed by atoms with E-state index in [9.17, 15) is 4.79 Å². The topological polar surface area (TPSA) is 46.9 Å². The molecule has 0 unspecified atom stereocenters. The van der Waals surface area contributed by atoms with Crippen LogP contribution in [0, 0.1) is 5.92 Å². The molecule has 6 heteroatoms. The van der Waals surface area contributed by atoms with Crippen molar-refractivity contribution < 1.29 is 4.79 Å². The van der Waals surface area contributed by atoms with E-state index in [0.717, 1.165) is 17.4 Å². The third kappa shape index (κ3) is 4.02. The van der Waals surface area contributed by atoms with Crippen LogP contribution < -0.4 is 5.32 Å². The number of nitrogens with one attached hydrogen (secondary N) is 1. The second kappa shape index (κ2) is 6.54. The lowest BCUT2D eigenvalue weighted by Crippen LogP contribution is -2.27. The summed E-state index contributed by atoms with van der Waals surface area (Å²) in [5.74, 6) is 1.14. The highest BCUT2D eigenvalue weighted by molar-refractivity contribution is 7.99. The summed E-state index contributed by atoms with van der Waals surface area (Å²) in [7, 11) is 0. The van der Waals surface area contributed by atoms with Crippen LogP contribution in [0.15, 0.2) is 41.8 Å². The number of hydrogen-bond acceptors (Lipinski definition) is 3. The summed E-state index contributed by atoms with van der Waals surface area (Å²) in [5, 5.41) is 4.43. The first kappa shape index (κ1) is 14.5. The van der Waals surface area contributed by atoms with Gasteiger partial charge in [0.25, 0.3) is 0 Å². The maximum atomic E-state index is 11.8. The lowest BCUT2D eigenvalue weighted by atomic mass is 10.3. The van der Waals surface area contributed by atoms with Gasteiger partial charge in [-0.15, -0.1) is 0 Å². The molecule has 0 saturated heterocycles. The molecule has 4 nitrogen and oxygen atoms in total. The number of aromatic nitrogens is 2. The van der Waals surface area contributed by atoms with Gasteiger partial charge in [0, 0.05) is 29.6 Å². The van der Waals surface area contributed by atoms with Crippen molar-refractivity contribution in [2.75, 3.05) is 12.3 Å². The van der Waals surface area contributed by atoms with Crippen molar-refractivity contribution in [1.29, 1.82) is 0 Å². The predicted molar refractivity (Wildman–Crippen MR) is 85.0 cm³/mol. The van der Waals surface area contributed by atoms with Gasteiger partial charge >= 0.3 is 0 Å². The van der Waals surface area contributed by atoms with Crippen molar-refractivity contribution in [2.45, 2.75) is 18.0 Å². The Bertz CT molecular complexity index is 639. The Morgan fingerprint density at radius 2 is 2.33 bits per heavy atom. The molecule has 21 heavy (non-hydrogen) atoms. The Morgan fingerprint density at radius 1 is 1.48 bits per heavy atom. The van der Waals surface area contributed by atoms with Gasteiger partial charge in [0.1, 0.15) is 0 Å². The van der Waals surface area contributed by atoms with Gasteiger partial charge in [-0.25, -0.2) is 4.98 Å². The number of thioether (sulfide) groups is 1. The van der Waals surface area contributed by atoms with Crippen LogP contribution in [0.3, 0.4) is 0 Å². The number of carbonyl (C=O) groups is 1. The van der Waals surface area contributed by atoms with Crippen molar-refractivity contribution in [3.05, 3.63) is 41.7 Å². The van der Waals surface area contributed by atoms with Gasteiger partial charge in [0.05, 0.1) is 5.75 Å². The van der Waals surface area contributed by atoms with Crippen molar-refractivity contribution in [3.8, 4) is 5.69 Å². The minimum atomic E-state index is 0.0625. The van der Waals surface area contributed by atoms with Crippen LogP contribution in [0.1, 0.15) is 12.8 Å². The maximum absolute atomic E-state index is 11.8. The molecule has 1 heterocycles. The summed E-state index contributed by atoms with van der Waals surface area (Å²) < 4.78 is 1.94. The van der Waals surface area contributed by atoms with Crippen molar-refractivity contribution >= 4 is 29.3 Å². The molecule has 0 radical (unpaired) electrons. The predicted octanol–water partition coefficient (Wildman–Crippen LogP) is 3.14. The van der Waals surface area contributed by atoms with E-state index in [2.05, 4.69) is 10.3 Å². The summed E-state index contributed by atoms with van der Waals surface area (Å²) in [6, 6.07) is 7.57. The van der Waals surface area contributed by atoms with Crippen molar-refractivity contribution in [1.82, 2.24) is 14.9 Å². The Morgan fingerprint density at radius 3 is 3.10 bits per heavy atom. The van der Waals surface area contributed by atoms with E-state index in [-0.39, 0.29) is 5.91 Å². The van der Waals surface area contributed by atoms with Crippen LogP contribution in [0.25, 0.3) is 5.69 Å². The van der Waals surface area contributed by atoms with Gasteiger partial charge < -0.3 is 5.32 Å². The molecule has 0 spiro atoms. The minimum Gasteiger partial charge on any atom is -0.355 e. The molecule has 1 aromatic heterocycles. The summed E-state index contributed by atoms with van der Waals surface area (Å²) in [6.07, 6.45) is 6.08. The Hall–Kier alpha value is -1.46. The monoisotopic (exact) mass is 321 g/mol. The molecule has 1 aliphatic carbocycles. The van der Waals surface area contributed by atoms with Crippen molar-refractivity contribution in [2.24, 2.45) is 5.92 Å². The van der Waals surface area contributed by atoms with E-state index < -0.39 is 0 Å². The number of halogens is 1. The van der Waals surface area contributed by atoms with E-state index in [1.165, 1.54) is 24.6 Å². The molecule has 0 aliphatic heterocycles. The van der Waals surface area contributed by atoms with E-state index in [1.807, 2.05) is 35.0 Å². The van der Waals surface area contributed by atoms with E-state index >= 15 is 0 Å². The number of benzene rings is 1. The molecular formula is C15H16ClN3OS. The second-order valence-corrected chi connectivity index (χ2v) is 6.47.